The maximum absolute atomic E-state index is 5.67. The highest BCUT2D eigenvalue weighted by Crippen LogP contribution is 2.29. The van der Waals surface area contributed by atoms with Crippen LogP contribution in [0.15, 0.2) is 12.4 Å². The Kier molecular flexibility index (Phi) is 4.57. The van der Waals surface area contributed by atoms with E-state index in [1.807, 2.05) is 12.4 Å². The molecule has 2 rings (SSSR count). The van der Waals surface area contributed by atoms with E-state index in [0.717, 1.165) is 24.7 Å². The van der Waals surface area contributed by atoms with Crippen LogP contribution in [-0.4, -0.2) is 15.6 Å². The highest BCUT2D eigenvalue weighted by Gasteiger charge is 2.20. The second-order valence-electron chi connectivity index (χ2n) is 5.08. The standard InChI is InChI=1S/C13H24N4/c1-2-17-8-7-15-13(17)10-12(16-14)9-11-5-3-4-6-11/h7-8,11-12,16H,2-6,9-10,14H2,1H3. The molecule has 0 aliphatic heterocycles. The van der Waals surface area contributed by atoms with Gasteiger partial charge in [0.25, 0.3) is 0 Å². The molecular formula is C13H24N4. The molecule has 0 spiro atoms. The van der Waals surface area contributed by atoms with Crippen LogP contribution in [0, 0.1) is 5.92 Å². The highest BCUT2D eigenvalue weighted by molar-refractivity contribution is 4.95. The SMILES string of the molecule is CCn1ccnc1CC(CC1CCCC1)NN. The summed E-state index contributed by atoms with van der Waals surface area (Å²) in [5.41, 5.74) is 2.97. The molecule has 4 nitrogen and oxygen atoms in total. The Morgan fingerprint density at radius 2 is 2.29 bits per heavy atom. The Morgan fingerprint density at radius 1 is 1.53 bits per heavy atom. The van der Waals surface area contributed by atoms with E-state index in [4.69, 9.17) is 5.84 Å². The maximum Gasteiger partial charge on any atom is 0.110 e. The molecule has 1 saturated carbocycles. The number of hydrogen-bond donors (Lipinski definition) is 2. The van der Waals surface area contributed by atoms with E-state index in [0.29, 0.717) is 6.04 Å². The predicted molar refractivity (Wildman–Crippen MR) is 69.3 cm³/mol. The smallest absolute Gasteiger partial charge is 0.110 e. The fraction of sp³-hybridized carbons (Fsp3) is 0.769. The summed E-state index contributed by atoms with van der Waals surface area (Å²) < 4.78 is 2.19. The Bertz CT molecular complexity index is 328. The van der Waals surface area contributed by atoms with Gasteiger partial charge in [0.15, 0.2) is 0 Å². The number of imidazole rings is 1. The highest BCUT2D eigenvalue weighted by atomic mass is 15.2. The normalized spacial score (nSPS) is 18.7. The summed E-state index contributed by atoms with van der Waals surface area (Å²) in [5.74, 6) is 7.68. The summed E-state index contributed by atoms with van der Waals surface area (Å²) in [6.07, 6.45) is 11.6. The molecule has 1 aromatic rings. The lowest BCUT2D eigenvalue weighted by atomic mass is 9.96. The van der Waals surface area contributed by atoms with Crippen LogP contribution in [0.1, 0.15) is 44.9 Å². The summed E-state index contributed by atoms with van der Waals surface area (Å²) in [6.45, 7) is 3.13. The van der Waals surface area contributed by atoms with E-state index in [9.17, 15) is 0 Å². The van der Waals surface area contributed by atoms with E-state index < -0.39 is 0 Å². The molecule has 1 atom stereocenters. The second kappa shape index (κ2) is 6.17. The van der Waals surface area contributed by atoms with Crippen molar-refractivity contribution in [3.05, 3.63) is 18.2 Å². The monoisotopic (exact) mass is 236 g/mol. The van der Waals surface area contributed by atoms with Gasteiger partial charge < -0.3 is 4.57 Å². The third-order valence-corrected chi connectivity index (χ3v) is 3.90. The van der Waals surface area contributed by atoms with Crippen molar-refractivity contribution in [1.29, 1.82) is 0 Å². The van der Waals surface area contributed by atoms with Gasteiger partial charge in [-0.15, -0.1) is 0 Å². The summed E-state index contributed by atoms with van der Waals surface area (Å²) in [4.78, 5) is 4.42. The van der Waals surface area contributed by atoms with Crippen LogP contribution >= 0.6 is 0 Å². The second-order valence-corrected chi connectivity index (χ2v) is 5.08. The first-order valence-corrected chi connectivity index (χ1v) is 6.79. The zero-order valence-corrected chi connectivity index (χ0v) is 10.7. The third-order valence-electron chi connectivity index (χ3n) is 3.90. The van der Waals surface area contributed by atoms with Crippen molar-refractivity contribution in [2.24, 2.45) is 11.8 Å². The van der Waals surface area contributed by atoms with Crippen molar-refractivity contribution < 1.29 is 0 Å². The van der Waals surface area contributed by atoms with Crippen molar-refractivity contribution in [2.75, 3.05) is 0 Å². The average Bonchev–Trinajstić information content (AvgIpc) is 2.99. The van der Waals surface area contributed by atoms with Gasteiger partial charge in [-0.05, 0) is 19.3 Å². The van der Waals surface area contributed by atoms with Crippen LogP contribution in [0.3, 0.4) is 0 Å². The summed E-state index contributed by atoms with van der Waals surface area (Å²) in [6, 6.07) is 0.366. The van der Waals surface area contributed by atoms with Crippen molar-refractivity contribution in [3.8, 4) is 0 Å². The zero-order valence-electron chi connectivity index (χ0n) is 10.7. The third kappa shape index (κ3) is 3.30. The minimum Gasteiger partial charge on any atom is -0.335 e. The molecule has 0 bridgehead atoms. The average molecular weight is 236 g/mol. The first kappa shape index (κ1) is 12.6. The molecule has 3 N–H and O–H groups in total. The van der Waals surface area contributed by atoms with Crippen LogP contribution in [0.25, 0.3) is 0 Å². The molecule has 1 aromatic heterocycles. The Labute approximate surface area is 104 Å². The van der Waals surface area contributed by atoms with Gasteiger partial charge in [0.2, 0.25) is 0 Å². The van der Waals surface area contributed by atoms with Crippen molar-refractivity contribution in [3.63, 3.8) is 0 Å². The molecule has 0 saturated heterocycles. The molecule has 1 aliphatic carbocycles. The molecule has 0 radical (unpaired) electrons. The summed E-state index contributed by atoms with van der Waals surface area (Å²) in [5, 5.41) is 0. The number of aryl methyl sites for hydroxylation is 1. The molecule has 0 amide bonds. The lowest BCUT2D eigenvalue weighted by molar-refractivity contribution is 0.382. The minimum absolute atomic E-state index is 0.366. The van der Waals surface area contributed by atoms with Gasteiger partial charge >= 0.3 is 0 Å². The van der Waals surface area contributed by atoms with Gasteiger partial charge in [0.05, 0.1) is 0 Å². The molecule has 1 heterocycles. The van der Waals surface area contributed by atoms with Gasteiger partial charge in [-0.3, -0.25) is 11.3 Å². The predicted octanol–water partition coefficient (Wildman–Crippen LogP) is 1.86. The number of hydrogen-bond acceptors (Lipinski definition) is 3. The van der Waals surface area contributed by atoms with Crippen LogP contribution in [0.4, 0.5) is 0 Å². The van der Waals surface area contributed by atoms with E-state index >= 15 is 0 Å². The van der Waals surface area contributed by atoms with E-state index in [2.05, 4.69) is 21.9 Å². The van der Waals surface area contributed by atoms with Gasteiger partial charge in [0, 0.05) is 31.4 Å². The van der Waals surface area contributed by atoms with Crippen LogP contribution < -0.4 is 11.3 Å². The summed E-state index contributed by atoms with van der Waals surface area (Å²) in [7, 11) is 0. The molecule has 4 heteroatoms. The zero-order chi connectivity index (χ0) is 12.1. The largest absolute Gasteiger partial charge is 0.335 e. The van der Waals surface area contributed by atoms with Crippen LogP contribution in [0.5, 0.6) is 0 Å². The number of nitrogens with one attached hydrogen (secondary N) is 1. The van der Waals surface area contributed by atoms with Crippen molar-refractivity contribution in [2.45, 2.75) is 58.0 Å². The van der Waals surface area contributed by atoms with E-state index in [1.54, 1.807) is 0 Å². The molecule has 17 heavy (non-hydrogen) atoms. The fourth-order valence-electron chi connectivity index (χ4n) is 2.90. The lowest BCUT2D eigenvalue weighted by Gasteiger charge is -2.19. The number of nitrogens with two attached hydrogens (primary N) is 1. The molecule has 1 fully saturated rings. The molecule has 1 aliphatic rings. The van der Waals surface area contributed by atoms with Gasteiger partial charge in [-0.25, -0.2) is 4.98 Å². The molecule has 1 unspecified atom stereocenters. The number of hydrazine groups is 1. The molecular weight excluding hydrogens is 212 g/mol. The van der Waals surface area contributed by atoms with Gasteiger partial charge in [0.1, 0.15) is 5.82 Å². The van der Waals surface area contributed by atoms with Gasteiger partial charge in [-0.2, -0.15) is 0 Å². The Hall–Kier alpha value is -0.870. The topological polar surface area (TPSA) is 55.9 Å². The maximum atomic E-state index is 5.67. The van der Waals surface area contributed by atoms with Crippen molar-refractivity contribution >= 4 is 0 Å². The van der Waals surface area contributed by atoms with Crippen molar-refractivity contribution in [1.82, 2.24) is 15.0 Å². The van der Waals surface area contributed by atoms with E-state index in [-0.39, 0.29) is 0 Å². The fourth-order valence-corrected chi connectivity index (χ4v) is 2.90. The number of aromatic nitrogens is 2. The molecule has 96 valence electrons. The Morgan fingerprint density at radius 3 is 2.94 bits per heavy atom. The lowest BCUT2D eigenvalue weighted by Crippen LogP contribution is -2.38. The first-order chi connectivity index (χ1) is 8.33. The number of rotatable bonds is 6. The molecule has 0 aromatic carbocycles. The van der Waals surface area contributed by atoms with Crippen LogP contribution in [-0.2, 0) is 13.0 Å². The first-order valence-electron chi connectivity index (χ1n) is 6.79. The Balaban J connectivity index is 1.90. The quantitative estimate of drug-likeness (QED) is 0.585. The summed E-state index contributed by atoms with van der Waals surface area (Å²) >= 11 is 0. The number of nitrogens with zero attached hydrogens (tertiary/aromatic N) is 2. The van der Waals surface area contributed by atoms with E-state index in [1.165, 1.54) is 32.1 Å². The van der Waals surface area contributed by atoms with Gasteiger partial charge in [-0.1, -0.05) is 25.7 Å². The van der Waals surface area contributed by atoms with Crippen LogP contribution in [0.2, 0.25) is 0 Å². The minimum atomic E-state index is 0.366.